The molecule has 0 unspecified atom stereocenters. The number of nitrogens with one attached hydrogen (secondary N) is 1. The van der Waals surface area contributed by atoms with Crippen molar-refractivity contribution in [2.45, 2.75) is 37.8 Å². The maximum atomic E-state index is 12.6. The Bertz CT molecular complexity index is 312. The van der Waals surface area contributed by atoms with Crippen LogP contribution in [-0.2, 0) is 14.3 Å². The van der Waals surface area contributed by atoms with Crippen molar-refractivity contribution in [2.75, 3.05) is 39.5 Å². The highest BCUT2D eigenvalue weighted by Gasteiger charge is 2.38. The van der Waals surface area contributed by atoms with E-state index in [1.165, 1.54) is 12.8 Å². The fraction of sp³-hybridized carbons (Fsp3) is 0.929. The number of carbonyl (C=O) groups excluding carboxylic acids is 1. The summed E-state index contributed by atoms with van der Waals surface area (Å²) in [4.78, 5) is 14.6. The molecule has 0 aromatic rings. The number of hydrogen-bond acceptors (Lipinski definition) is 4. The highest BCUT2D eigenvalue weighted by molar-refractivity contribution is 5.81. The Labute approximate surface area is 114 Å². The molecule has 3 saturated heterocycles. The monoisotopic (exact) mass is 268 g/mol. The lowest BCUT2D eigenvalue weighted by Crippen LogP contribution is -2.50. The van der Waals surface area contributed by atoms with Gasteiger partial charge in [0.15, 0.2) is 6.10 Å². The van der Waals surface area contributed by atoms with E-state index in [4.69, 9.17) is 9.47 Å². The smallest absolute Gasteiger partial charge is 0.254 e. The zero-order valence-electron chi connectivity index (χ0n) is 11.5. The first-order chi connectivity index (χ1) is 9.36. The van der Waals surface area contributed by atoms with Gasteiger partial charge in [0.25, 0.3) is 5.91 Å². The molecule has 2 atom stereocenters. The van der Waals surface area contributed by atoms with Gasteiger partial charge in [0.05, 0.1) is 19.8 Å². The number of amides is 1. The van der Waals surface area contributed by atoms with Gasteiger partial charge in [-0.3, -0.25) is 4.79 Å². The van der Waals surface area contributed by atoms with E-state index in [0.29, 0.717) is 31.8 Å². The molecule has 19 heavy (non-hydrogen) atoms. The Hall–Kier alpha value is -0.650. The van der Waals surface area contributed by atoms with Crippen molar-refractivity contribution >= 4 is 5.91 Å². The molecule has 0 bridgehead atoms. The molecule has 1 N–H and O–H groups in total. The zero-order valence-corrected chi connectivity index (χ0v) is 11.5. The Morgan fingerprint density at radius 1 is 1.16 bits per heavy atom. The van der Waals surface area contributed by atoms with E-state index >= 15 is 0 Å². The summed E-state index contributed by atoms with van der Waals surface area (Å²) < 4.78 is 10.9. The summed E-state index contributed by atoms with van der Waals surface area (Å²) >= 11 is 0. The molecule has 108 valence electrons. The molecule has 3 fully saturated rings. The second-order valence-corrected chi connectivity index (χ2v) is 5.76. The van der Waals surface area contributed by atoms with Gasteiger partial charge in [-0.2, -0.15) is 0 Å². The van der Waals surface area contributed by atoms with Gasteiger partial charge in [-0.05, 0) is 44.7 Å². The van der Waals surface area contributed by atoms with Gasteiger partial charge in [0.2, 0.25) is 0 Å². The number of piperidine rings is 1. The summed E-state index contributed by atoms with van der Waals surface area (Å²) in [5, 5.41) is 3.40. The van der Waals surface area contributed by atoms with Crippen LogP contribution < -0.4 is 5.32 Å². The van der Waals surface area contributed by atoms with Crippen molar-refractivity contribution in [1.29, 1.82) is 0 Å². The maximum absolute atomic E-state index is 12.6. The normalized spacial score (nSPS) is 33.6. The third-order valence-corrected chi connectivity index (χ3v) is 4.60. The minimum Gasteiger partial charge on any atom is -0.376 e. The summed E-state index contributed by atoms with van der Waals surface area (Å²) in [6, 6.07) is 0.431. The van der Waals surface area contributed by atoms with E-state index in [9.17, 15) is 4.79 Å². The van der Waals surface area contributed by atoms with Crippen molar-refractivity contribution in [2.24, 2.45) is 5.92 Å². The quantitative estimate of drug-likeness (QED) is 0.787. The molecule has 0 spiro atoms. The SMILES string of the molecule is O=C([C@H]1COCCO1)N1CCC[C@H]1C1CCNCC1. The summed E-state index contributed by atoms with van der Waals surface area (Å²) in [6.07, 6.45) is 4.31. The van der Waals surface area contributed by atoms with Gasteiger partial charge in [-0.25, -0.2) is 0 Å². The zero-order chi connectivity index (χ0) is 13.1. The lowest BCUT2D eigenvalue weighted by atomic mass is 9.88. The number of rotatable bonds is 2. The molecule has 3 rings (SSSR count). The highest BCUT2D eigenvalue weighted by Crippen LogP contribution is 2.30. The first kappa shape index (κ1) is 13.3. The summed E-state index contributed by atoms with van der Waals surface area (Å²) in [6.45, 7) is 4.66. The average molecular weight is 268 g/mol. The van der Waals surface area contributed by atoms with E-state index in [0.717, 1.165) is 32.5 Å². The largest absolute Gasteiger partial charge is 0.376 e. The van der Waals surface area contributed by atoms with Crippen molar-refractivity contribution in [3.05, 3.63) is 0 Å². The Morgan fingerprint density at radius 2 is 2.00 bits per heavy atom. The Kier molecular flexibility index (Phi) is 4.35. The van der Waals surface area contributed by atoms with Gasteiger partial charge in [0, 0.05) is 12.6 Å². The standard InChI is InChI=1S/C14H24N2O3/c17-14(13-10-18-8-9-19-13)16-7-1-2-12(16)11-3-5-15-6-4-11/h11-13,15H,1-10H2/t12-,13+/m0/s1. The average Bonchev–Trinajstić information content (AvgIpc) is 2.98. The van der Waals surface area contributed by atoms with Gasteiger partial charge in [0.1, 0.15) is 0 Å². The lowest BCUT2D eigenvalue weighted by molar-refractivity contribution is -0.159. The van der Waals surface area contributed by atoms with E-state index in [1.54, 1.807) is 0 Å². The van der Waals surface area contributed by atoms with Gasteiger partial charge < -0.3 is 19.7 Å². The minimum atomic E-state index is -0.365. The summed E-state index contributed by atoms with van der Waals surface area (Å²) in [7, 11) is 0. The molecule has 3 aliphatic heterocycles. The van der Waals surface area contributed by atoms with Gasteiger partial charge >= 0.3 is 0 Å². The predicted molar refractivity (Wildman–Crippen MR) is 70.9 cm³/mol. The summed E-state index contributed by atoms with van der Waals surface area (Å²) in [5.41, 5.74) is 0. The molecule has 0 aromatic heterocycles. The van der Waals surface area contributed by atoms with Gasteiger partial charge in [-0.15, -0.1) is 0 Å². The molecule has 0 saturated carbocycles. The van der Waals surface area contributed by atoms with Crippen LogP contribution in [0, 0.1) is 5.92 Å². The molecule has 0 radical (unpaired) electrons. The predicted octanol–water partition coefficient (Wildman–Crippen LogP) is 0.392. The van der Waals surface area contributed by atoms with Crippen LogP contribution >= 0.6 is 0 Å². The highest BCUT2D eigenvalue weighted by atomic mass is 16.6. The molecule has 5 nitrogen and oxygen atoms in total. The lowest BCUT2D eigenvalue weighted by Gasteiger charge is -2.36. The number of likely N-dealkylation sites (tertiary alicyclic amines) is 1. The molecule has 3 aliphatic rings. The van der Waals surface area contributed by atoms with E-state index in [2.05, 4.69) is 10.2 Å². The first-order valence-electron chi connectivity index (χ1n) is 7.57. The van der Waals surface area contributed by atoms with Crippen LogP contribution in [0.4, 0.5) is 0 Å². The van der Waals surface area contributed by atoms with E-state index < -0.39 is 0 Å². The van der Waals surface area contributed by atoms with E-state index in [-0.39, 0.29) is 12.0 Å². The number of ether oxygens (including phenoxy) is 2. The maximum Gasteiger partial charge on any atom is 0.254 e. The van der Waals surface area contributed by atoms with Crippen LogP contribution in [0.3, 0.4) is 0 Å². The van der Waals surface area contributed by atoms with Crippen LogP contribution in [0.2, 0.25) is 0 Å². The van der Waals surface area contributed by atoms with Crippen molar-refractivity contribution in [3.63, 3.8) is 0 Å². The number of nitrogens with zero attached hydrogens (tertiary/aromatic N) is 1. The molecular formula is C14H24N2O3. The molecule has 5 heteroatoms. The third-order valence-electron chi connectivity index (χ3n) is 4.60. The van der Waals surface area contributed by atoms with Crippen LogP contribution in [0.5, 0.6) is 0 Å². The first-order valence-corrected chi connectivity index (χ1v) is 7.57. The molecular weight excluding hydrogens is 244 g/mol. The molecule has 0 aliphatic carbocycles. The van der Waals surface area contributed by atoms with Crippen molar-refractivity contribution in [1.82, 2.24) is 10.2 Å². The van der Waals surface area contributed by atoms with Crippen molar-refractivity contribution < 1.29 is 14.3 Å². The molecule has 0 aromatic carbocycles. The van der Waals surface area contributed by atoms with Crippen molar-refractivity contribution in [3.8, 4) is 0 Å². The Morgan fingerprint density at radius 3 is 2.74 bits per heavy atom. The minimum absolute atomic E-state index is 0.153. The van der Waals surface area contributed by atoms with Gasteiger partial charge in [-0.1, -0.05) is 0 Å². The topological polar surface area (TPSA) is 50.8 Å². The second-order valence-electron chi connectivity index (χ2n) is 5.76. The van der Waals surface area contributed by atoms with Crippen LogP contribution in [0.1, 0.15) is 25.7 Å². The Balaban J connectivity index is 1.62. The molecule has 1 amide bonds. The summed E-state index contributed by atoms with van der Waals surface area (Å²) in [5.74, 6) is 0.818. The van der Waals surface area contributed by atoms with E-state index in [1.807, 2.05) is 0 Å². The fourth-order valence-electron chi connectivity index (χ4n) is 3.60. The van der Waals surface area contributed by atoms with Crippen LogP contribution in [-0.4, -0.2) is 62.4 Å². The number of carbonyl (C=O) groups is 1. The second kappa shape index (κ2) is 6.20. The third kappa shape index (κ3) is 2.93. The van der Waals surface area contributed by atoms with Crippen LogP contribution in [0.15, 0.2) is 0 Å². The fourth-order valence-corrected chi connectivity index (χ4v) is 3.60. The molecule has 3 heterocycles. The number of hydrogen-bond donors (Lipinski definition) is 1. The van der Waals surface area contributed by atoms with Crippen LogP contribution in [0.25, 0.3) is 0 Å².